The predicted molar refractivity (Wildman–Crippen MR) is 409 cm³/mol. The summed E-state index contributed by atoms with van der Waals surface area (Å²) >= 11 is 0. The molecule has 17 rings (SSSR count). The van der Waals surface area contributed by atoms with Crippen LogP contribution in [-0.2, 0) is 0 Å². The van der Waals surface area contributed by atoms with E-state index in [0.717, 1.165) is 43.9 Å². The Morgan fingerprint density at radius 2 is 0.394 bits per heavy atom. The van der Waals surface area contributed by atoms with Crippen molar-refractivity contribution in [2.45, 2.75) is 69.2 Å². The zero-order chi connectivity index (χ0) is 62.7. The maximum Gasteiger partial charge on any atom is 0.135 e. The molecule has 0 bridgehead atoms. The monoisotopic (exact) mass is 1520 g/mol. The Hall–Kier alpha value is -7.99. The number of benzene rings is 15. The van der Waals surface area contributed by atoms with Crippen LogP contribution in [0.25, 0.3) is 164 Å². The van der Waals surface area contributed by atoms with Crippen LogP contribution in [0.15, 0.2) is 300 Å². The number of rotatable bonds is 5. The van der Waals surface area contributed by atoms with Gasteiger partial charge in [-0.25, -0.2) is 0 Å². The van der Waals surface area contributed by atoms with Crippen LogP contribution in [0.3, 0.4) is 0 Å². The summed E-state index contributed by atoms with van der Waals surface area (Å²) in [4.78, 5) is 0. The second-order valence-electron chi connectivity index (χ2n) is 21.0. The van der Waals surface area contributed by atoms with E-state index < -0.39 is 0 Å². The molecular formula is C90H84Dy2O2-2. The van der Waals surface area contributed by atoms with Gasteiger partial charge in [0.15, 0.2) is 0 Å². The van der Waals surface area contributed by atoms with E-state index in [0.29, 0.717) is 0 Å². The average molecular weight is 1520 g/mol. The van der Waals surface area contributed by atoms with Crippen molar-refractivity contribution in [1.29, 1.82) is 0 Å². The Kier molecular flexibility index (Phi) is 26.9. The number of para-hydroxylation sites is 2. The first-order chi connectivity index (χ1) is 44.7. The molecule has 2 aromatic heterocycles. The fraction of sp³-hybridized carbons (Fsp3) is 0.111. The van der Waals surface area contributed by atoms with Crippen molar-refractivity contribution in [1.82, 2.24) is 0 Å². The van der Waals surface area contributed by atoms with E-state index in [1.165, 1.54) is 120 Å². The molecular weight excluding hydrogens is 1440 g/mol. The van der Waals surface area contributed by atoms with Gasteiger partial charge < -0.3 is 23.7 Å². The molecule has 0 N–H and O–H groups in total. The summed E-state index contributed by atoms with van der Waals surface area (Å²) in [5.41, 5.74) is 16.1. The maximum atomic E-state index is 6.13. The minimum absolute atomic E-state index is 0. The van der Waals surface area contributed by atoms with Crippen molar-refractivity contribution in [2.24, 2.45) is 0 Å². The molecule has 0 aliphatic carbocycles. The van der Waals surface area contributed by atoms with Crippen LogP contribution < -0.4 is 0 Å². The van der Waals surface area contributed by atoms with Gasteiger partial charge in [0, 0.05) is 97.9 Å². The molecule has 0 unspecified atom stereocenters. The van der Waals surface area contributed by atoms with E-state index in [4.69, 9.17) is 8.83 Å². The summed E-state index contributed by atoms with van der Waals surface area (Å²) in [6, 6.07) is 105. The third kappa shape index (κ3) is 14.2. The third-order valence-corrected chi connectivity index (χ3v) is 16.5. The zero-order valence-corrected chi connectivity index (χ0v) is 60.2. The topological polar surface area (TPSA) is 26.3 Å². The summed E-state index contributed by atoms with van der Waals surface area (Å²) < 4.78 is 12.2. The second-order valence-corrected chi connectivity index (χ2v) is 21.0. The van der Waals surface area contributed by atoms with Crippen LogP contribution in [0.2, 0.25) is 0 Å². The predicted octanol–water partition coefficient (Wildman–Crippen LogP) is 28.5. The Morgan fingerprint density at radius 3 is 0.745 bits per heavy atom. The number of hydrogen-bond donors (Lipinski definition) is 0. The van der Waals surface area contributed by atoms with Gasteiger partial charge in [0.2, 0.25) is 0 Å². The van der Waals surface area contributed by atoms with Crippen LogP contribution in [0.5, 0.6) is 0 Å². The van der Waals surface area contributed by atoms with Crippen LogP contribution >= 0.6 is 0 Å². The quantitative estimate of drug-likeness (QED) is 0.127. The average Bonchev–Trinajstić information content (AvgIpc) is 0.888. The minimum Gasteiger partial charge on any atom is -0.456 e. The summed E-state index contributed by atoms with van der Waals surface area (Å²) in [6.07, 6.45) is 0. The van der Waals surface area contributed by atoms with Gasteiger partial charge in [-0.1, -0.05) is 312 Å². The Labute approximate surface area is 618 Å². The molecule has 0 atom stereocenters. The Balaban J connectivity index is 0.000000228. The summed E-state index contributed by atoms with van der Waals surface area (Å²) in [7, 11) is 0. The van der Waals surface area contributed by atoms with E-state index in [1.807, 2.05) is 93.5 Å². The molecule has 0 aliphatic rings. The van der Waals surface area contributed by atoms with Gasteiger partial charge in [0.25, 0.3) is 0 Å². The van der Waals surface area contributed by atoms with E-state index in [1.54, 1.807) is 0 Å². The molecule has 0 saturated carbocycles. The summed E-state index contributed by atoms with van der Waals surface area (Å²) in [5, 5.41) is 19.8. The van der Waals surface area contributed by atoms with Crippen molar-refractivity contribution in [3.8, 4) is 55.6 Å². The van der Waals surface area contributed by atoms with Crippen LogP contribution in [-0.4, -0.2) is 0 Å². The first-order valence-electron chi connectivity index (χ1n) is 32.5. The van der Waals surface area contributed by atoms with E-state index in [9.17, 15) is 0 Å². The first-order valence-corrected chi connectivity index (χ1v) is 32.5. The van der Waals surface area contributed by atoms with Crippen LogP contribution in [0.4, 0.5) is 0 Å². The van der Waals surface area contributed by atoms with Gasteiger partial charge in [-0.2, -0.15) is 0 Å². The van der Waals surface area contributed by atoms with Gasteiger partial charge >= 0.3 is 0 Å². The molecule has 0 fully saturated rings. The molecule has 0 spiro atoms. The van der Waals surface area contributed by atoms with Gasteiger partial charge in [-0.3, -0.25) is 0 Å². The Bertz CT molecular complexity index is 5210. The number of furan rings is 2. The maximum absolute atomic E-state index is 6.13. The van der Waals surface area contributed by atoms with E-state index in [2.05, 4.69) is 267 Å². The van der Waals surface area contributed by atoms with Crippen LogP contribution in [0, 0.1) is 91.2 Å². The standard InChI is InChI=1S/C42H26O.C36H22O.5C2H6.2CH3.2Dy/c1-2-10-30-25-32(22-19-27(30)9-1)42-36-14-5-3-12-34(36)41(35-13-4-6-15-37(35)42)29-20-17-28(18-21-29)31-23-24-40-38(26-31)33-11-7-8-16-39(33)43-40;1-2-10-24-21-25(18-17-23(24)9-1)35-28-12-3-5-14-30(28)36(31-15-6-4-13-29(31)35)26-19-20-34-32(22-26)27-11-7-8-16-33(27)37-34;5*1-2;;;;/h1-26H;1-22H;5*1-2H3;2*1H3;;/q;;;;;;;2*-1;;. The molecule has 15 aromatic carbocycles. The molecule has 0 saturated heterocycles. The zero-order valence-electron chi connectivity index (χ0n) is 56.2. The molecule has 17 aromatic rings. The molecule has 478 valence electrons. The summed E-state index contributed by atoms with van der Waals surface area (Å²) in [6.45, 7) is 20.0. The SMILES string of the molecule is CC.CC.CC.CC.CC.[CH3-].[CH3-].[Dy].[Dy].c1ccc2cc(-c3c4ccccc4c(-c4ccc(-c5ccc6oc7ccccc7c6c5)cc4)c4ccccc34)ccc2c1.c1ccc2cc(-c3c4ccccc4c(-c4ccc5oc6ccccc6c5c4)c4ccccc34)ccc2c1. The largest absolute Gasteiger partial charge is 0.456 e. The van der Waals surface area contributed by atoms with Gasteiger partial charge in [-0.15, -0.1) is 0 Å². The van der Waals surface area contributed by atoms with Gasteiger partial charge in [-0.05, 0) is 169 Å². The molecule has 0 aliphatic heterocycles. The van der Waals surface area contributed by atoms with E-state index >= 15 is 0 Å². The summed E-state index contributed by atoms with van der Waals surface area (Å²) in [5.74, 6) is 0. The van der Waals surface area contributed by atoms with Crippen molar-refractivity contribution < 1.29 is 85.2 Å². The normalized spacial score (nSPS) is 10.3. The smallest absolute Gasteiger partial charge is 0.135 e. The van der Waals surface area contributed by atoms with Crippen LogP contribution in [0.1, 0.15) is 69.2 Å². The molecule has 2 nitrogen and oxygen atoms in total. The first kappa shape index (κ1) is 73.4. The van der Waals surface area contributed by atoms with Gasteiger partial charge in [0.1, 0.15) is 22.3 Å². The fourth-order valence-corrected chi connectivity index (χ4v) is 12.8. The molecule has 0 amide bonds. The molecule has 94 heavy (non-hydrogen) atoms. The molecule has 0 radical (unpaired) electrons. The van der Waals surface area contributed by atoms with Crippen molar-refractivity contribution >= 4 is 109 Å². The number of fused-ring (bicyclic) bond motifs is 12. The third-order valence-electron chi connectivity index (χ3n) is 16.5. The second kappa shape index (κ2) is 34.4. The van der Waals surface area contributed by atoms with E-state index in [-0.39, 0.29) is 91.2 Å². The van der Waals surface area contributed by atoms with Crippen molar-refractivity contribution in [2.75, 3.05) is 0 Å². The molecule has 2 heterocycles. The Morgan fingerprint density at radius 1 is 0.170 bits per heavy atom. The van der Waals surface area contributed by atoms with Crippen molar-refractivity contribution in [3.63, 3.8) is 0 Å². The van der Waals surface area contributed by atoms with Gasteiger partial charge in [0.05, 0.1) is 0 Å². The number of hydrogen-bond acceptors (Lipinski definition) is 2. The molecule has 4 heteroatoms. The fourth-order valence-electron chi connectivity index (χ4n) is 12.8. The minimum atomic E-state index is 0. The van der Waals surface area contributed by atoms with Crippen molar-refractivity contribution in [3.05, 3.63) is 306 Å².